The third kappa shape index (κ3) is 5.41. The van der Waals surface area contributed by atoms with Gasteiger partial charge in [0, 0.05) is 0 Å². The molecular weight excluding hydrogens is 344 g/mol. The lowest BCUT2D eigenvalue weighted by Gasteiger charge is -2.45. The van der Waals surface area contributed by atoms with Crippen LogP contribution in [0.5, 0.6) is 0 Å². The quantitative estimate of drug-likeness (QED) is 0.293. The average Bonchev–Trinajstić information content (AvgIpc) is 2.88. The van der Waals surface area contributed by atoms with Gasteiger partial charge in [-0.2, -0.15) is 0 Å². The molecule has 1 unspecified atom stereocenters. The van der Waals surface area contributed by atoms with E-state index in [0.29, 0.717) is 36.3 Å². The molecule has 154 valence electrons. The molecule has 1 rings (SSSR count). The van der Waals surface area contributed by atoms with Crippen molar-refractivity contribution in [2.24, 2.45) is 0 Å². The Labute approximate surface area is 162 Å². The summed E-state index contributed by atoms with van der Waals surface area (Å²) in [4.78, 5) is 0. The van der Waals surface area contributed by atoms with Crippen LogP contribution in [-0.4, -0.2) is 44.1 Å². The van der Waals surface area contributed by atoms with Crippen LogP contribution in [0.3, 0.4) is 0 Å². The van der Waals surface area contributed by atoms with Crippen molar-refractivity contribution in [3.05, 3.63) is 12.7 Å². The van der Waals surface area contributed by atoms with Gasteiger partial charge in [0.15, 0.2) is 14.1 Å². The second kappa shape index (κ2) is 9.33. The third-order valence-corrected chi connectivity index (χ3v) is 12.0. The number of allylic oxidation sites excluding steroid dienone is 1. The number of rotatable bonds is 11. The van der Waals surface area contributed by atoms with Gasteiger partial charge in [0.25, 0.3) is 0 Å². The molecule has 1 fully saturated rings. The largest absolute Gasteiger partial charge is 0.413 e. The van der Waals surface area contributed by atoms with Gasteiger partial charge in [-0.1, -0.05) is 47.6 Å². The minimum atomic E-state index is -2.05. The van der Waals surface area contributed by atoms with E-state index >= 15 is 0 Å². The molecule has 5 heteroatoms. The zero-order valence-corrected chi connectivity index (χ0v) is 19.3. The summed E-state index contributed by atoms with van der Waals surface area (Å²) >= 11 is 0. The lowest BCUT2D eigenvalue weighted by molar-refractivity contribution is -0.178. The predicted octanol–water partition coefficient (Wildman–Crippen LogP) is 5.42. The highest BCUT2D eigenvalue weighted by Crippen LogP contribution is 2.43. The highest BCUT2D eigenvalue weighted by atomic mass is 28.4. The van der Waals surface area contributed by atoms with E-state index in [2.05, 4.69) is 48.1 Å². The van der Waals surface area contributed by atoms with E-state index in [1.54, 1.807) is 0 Å². The van der Waals surface area contributed by atoms with Crippen molar-refractivity contribution in [3.63, 3.8) is 0 Å². The van der Waals surface area contributed by atoms with Gasteiger partial charge in [-0.25, -0.2) is 0 Å². The summed E-state index contributed by atoms with van der Waals surface area (Å²) in [5.74, 6) is -0.653. The molecule has 1 aliphatic rings. The molecule has 0 aromatic rings. The van der Waals surface area contributed by atoms with Gasteiger partial charge in [-0.15, -0.1) is 6.58 Å². The second-order valence-electron chi connectivity index (χ2n) is 9.21. The van der Waals surface area contributed by atoms with E-state index in [9.17, 15) is 5.11 Å². The first-order valence-corrected chi connectivity index (χ1v) is 12.3. The smallest absolute Gasteiger partial charge is 0.200 e. The van der Waals surface area contributed by atoms with Crippen molar-refractivity contribution >= 4 is 8.32 Å². The van der Waals surface area contributed by atoms with Gasteiger partial charge in [-0.3, -0.25) is 0 Å². The van der Waals surface area contributed by atoms with Crippen molar-refractivity contribution in [2.75, 3.05) is 13.2 Å². The normalized spacial score (nSPS) is 23.0. The summed E-state index contributed by atoms with van der Waals surface area (Å²) in [6, 6.07) is 0. The van der Waals surface area contributed by atoms with E-state index in [1.165, 1.54) is 0 Å². The Kier molecular flexibility index (Phi) is 8.55. The van der Waals surface area contributed by atoms with Crippen LogP contribution < -0.4 is 0 Å². The van der Waals surface area contributed by atoms with Crippen LogP contribution in [0.15, 0.2) is 12.7 Å². The average molecular weight is 387 g/mol. The monoisotopic (exact) mass is 386 g/mol. The summed E-state index contributed by atoms with van der Waals surface area (Å²) in [6.45, 7) is 21.9. The number of ether oxygens (including phenoxy) is 2. The Balaban J connectivity index is 3.02. The van der Waals surface area contributed by atoms with Crippen LogP contribution in [0.25, 0.3) is 0 Å². The number of hydrogen-bond acceptors (Lipinski definition) is 4. The van der Waals surface area contributed by atoms with Crippen molar-refractivity contribution < 1.29 is 19.0 Å². The number of hydrogen-bond donors (Lipinski definition) is 1. The fraction of sp³-hybridized carbons (Fsp3) is 0.905. The van der Waals surface area contributed by atoms with Crippen LogP contribution in [0.1, 0.15) is 74.7 Å². The fourth-order valence-corrected chi connectivity index (χ4v) is 10.1. The highest BCUT2D eigenvalue weighted by molar-refractivity contribution is 6.77. The van der Waals surface area contributed by atoms with Gasteiger partial charge < -0.3 is 19.0 Å². The molecule has 0 aromatic carbocycles. The summed E-state index contributed by atoms with van der Waals surface area (Å²) in [7, 11) is -2.05. The summed E-state index contributed by atoms with van der Waals surface area (Å²) in [5.41, 5.74) is 0.416. The number of unbranched alkanes of at least 4 members (excludes halogenated alkanes) is 1. The van der Waals surface area contributed by atoms with E-state index in [1.807, 2.05) is 19.9 Å². The first kappa shape index (κ1) is 23.8. The topological polar surface area (TPSA) is 47.9 Å². The zero-order chi connectivity index (χ0) is 20.2. The van der Waals surface area contributed by atoms with Gasteiger partial charge in [-0.05, 0) is 49.7 Å². The van der Waals surface area contributed by atoms with Crippen molar-refractivity contribution in [1.82, 2.24) is 0 Å². The van der Waals surface area contributed by atoms with Crippen LogP contribution >= 0.6 is 0 Å². The van der Waals surface area contributed by atoms with Crippen molar-refractivity contribution in [1.29, 1.82) is 0 Å². The number of aliphatic hydroxyl groups is 1. The Hall–Kier alpha value is -0.203. The molecule has 4 nitrogen and oxygen atoms in total. The fourth-order valence-electron chi connectivity index (χ4n) is 4.58. The first-order valence-electron chi connectivity index (χ1n) is 10.2. The van der Waals surface area contributed by atoms with Crippen LogP contribution in [0.2, 0.25) is 16.6 Å². The molecule has 2 atom stereocenters. The first-order chi connectivity index (χ1) is 11.9. The summed E-state index contributed by atoms with van der Waals surface area (Å²) in [5, 5.41) is 11.5. The van der Waals surface area contributed by atoms with Crippen molar-refractivity contribution in [3.8, 4) is 0 Å². The van der Waals surface area contributed by atoms with E-state index in [4.69, 9.17) is 13.9 Å². The highest BCUT2D eigenvalue weighted by Gasteiger charge is 2.50. The Morgan fingerprint density at radius 2 is 1.73 bits per heavy atom. The summed E-state index contributed by atoms with van der Waals surface area (Å²) < 4.78 is 18.5. The molecule has 1 heterocycles. The lowest BCUT2D eigenvalue weighted by atomic mass is 9.91. The maximum atomic E-state index is 11.5. The molecule has 26 heavy (non-hydrogen) atoms. The van der Waals surface area contributed by atoms with Crippen molar-refractivity contribution in [2.45, 2.75) is 109 Å². The third-order valence-electron chi connectivity index (χ3n) is 5.90. The molecule has 0 aromatic heterocycles. The molecule has 0 amide bonds. The maximum absolute atomic E-state index is 11.5. The zero-order valence-electron chi connectivity index (χ0n) is 18.3. The van der Waals surface area contributed by atoms with E-state index < -0.39 is 19.7 Å². The van der Waals surface area contributed by atoms with Crippen LogP contribution in [-0.2, 0) is 13.9 Å². The lowest BCUT2D eigenvalue weighted by Crippen LogP contribution is -2.55. The van der Waals surface area contributed by atoms with E-state index in [-0.39, 0.29) is 6.10 Å². The molecule has 0 bridgehead atoms. The minimum Gasteiger partial charge on any atom is -0.413 e. The van der Waals surface area contributed by atoms with Gasteiger partial charge >= 0.3 is 0 Å². The standard InChI is InChI=1S/C21H42O4Si/c1-10-11-12-13-21(22,19-14-23-20(8,9)25-19)15-24-26(16(2)3,17(4)5)18(6)7/h10,16-19,22H,1,11-15H2,2-9H3/t19-,21?/m0/s1. The molecule has 1 aliphatic heterocycles. The molecule has 0 aliphatic carbocycles. The predicted molar refractivity (Wildman–Crippen MR) is 111 cm³/mol. The van der Waals surface area contributed by atoms with Gasteiger partial charge in [0.05, 0.1) is 13.2 Å². The summed E-state index contributed by atoms with van der Waals surface area (Å²) in [6.07, 6.45) is 3.90. The second-order valence-corrected chi connectivity index (χ2v) is 14.7. The van der Waals surface area contributed by atoms with Crippen LogP contribution in [0.4, 0.5) is 0 Å². The Morgan fingerprint density at radius 3 is 2.12 bits per heavy atom. The molecule has 1 saturated heterocycles. The Bertz CT molecular complexity index is 426. The Morgan fingerprint density at radius 1 is 1.19 bits per heavy atom. The van der Waals surface area contributed by atoms with E-state index in [0.717, 1.165) is 12.8 Å². The van der Waals surface area contributed by atoms with Gasteiger partial charge in [0.2, 0.25) is 0 Å². The molecular formula is C21H42O4Si. The SMILES string of the molecule is C=CCCCC(O)(CO[Si](C(C)C)(C(C)C)C(C)C)[C@@H]1COC(C)(C)O1. The minimum absolute atomic E-state index is 0.314. The molecule has 0 saturated carbocycles. The molecule has 0 spiro atoms. The molecule has 1 N–H and O–H groups in total. The van der Waals surface area contributed by atoms with Gasteiger partial charge in [0.1, 0.15) is 11.7 Å². The maximum Gasteiger partial charge on any atom is 0.200 e. The molecule has 0 radical (unpaired) electrons. The van der Waals surface area contributed by atoms with Crippen LogP contribution in [0, 0.1) is 0 Å².